The van der Waals surface area contributed by atoms with E-state index in [0.717, 1.165) is 30.9 Å². The molecule has 5 heteroatoms. The summed E-state index contributed by atoms with van der Waals surface area (Å²) in [7, 11) is 0. The van der Waals surface area contributed by atoms with E-state index in [-0.39, 0.29) is 35.8 Å². The summed E-state index contributed by atoms with van der Waals surface area (Å²) in [5.41, 5.74) is 2.48. The predicted octanol–water partition coefficient (Wildman–Crippen LogP) is 3.42. The van der Waals surface area contributed by atoms with Gasteiger partial charge in [-0.3, -0.25) is 4.79 Å². The molecule has 2 N–H and O–H groups in total. The Kier molecular flexibility index (Phi) is 7.33. The second kappa shape index (κ2) is 8.41. The minimum Gasteiger partial charge on any atom is -0.483 e. The molecule has 1 heterocycles. The van der Waals surface area contributed by atoms with Crippen LogP contribution in [-0.4, -0.2) is 32.1 Å². The van der Waals surface area contributed by atoms with Crippen molar-refractivity contribution in [1.82, 2.24) is 10.6 Å². The molecule has 0 radical (unpaired) electrons. The Labute approximate surface area is 158 Å². The van der Waals surface area contributed by atoms with Crippen LogP contribution < -0.4 is 15.4 Å². The monoisotopic (exact) mass is 368 g/mol. The quantitative estimate of drug-likeness (QED) is 0.837. The van der Waals surface area contributed by atoms with Gasteiger partial charge in [-0.2, -0.15) is 0 Å². The van der Waals surface area contributed by atoms with Crippen LogP contribution in [0.25, 0.3) is 0 Å². The van der Waals surface area contributed by atoms with Gasteiger partial charge in [-0.05, 0) is 28.0 Å². The molecular weight excluding hydrogens is 336 g/mol. The standard InChI is InChI=1S/C20H32N2O2.ClH/c1-19(2,3)15-7-8-17(16(9-15)20(4,5)6)24-13-18(23)22-12-14-10-21-11-14;/h7-9,14,21H,10-13H2,1-6H3,(H,22,23);1H. The molecule has 0 spiro atoms. The van der Waals surface area contributed by atoms with Crippen molar-refractivity contribution in [2.75, 3.05) is 26.2 Å². The molecule has 0 bridgehead atoms. The van der Waals surface area contributed by atoms with E-state index >= 15 is 0 Å². The number of hydrogen-bond acceptors (Lipinski definition) is 3. The van der Waals surface area contributed by atoms with Crippen LogP contribution in [0.15, 0.2) is 18.2 Å². The average Bonchev–Trinajstić information content (AvgIpc) is 2.41. The van der Waals surface area contributed by atoms with Gasteiger partial charge in [0.1, 0.15) is 5.75 Å². The number of benzene rings is 1. The number of ether oxygens (including phenoxy) is 1. The van der Waals surface area contributed by atoms with E-state index in [1.807, 2.05) is 6.07 Å². The van der Waals surface area contributed by atoms with E-state index in [1.54, 1.807) is 0 Å². The first kappa shape index (κ1) is 21.8. The Balaban J connectivity index is 0.00000312. The van der Waals surface area contributed by atoms with Gasteiger partial charge >= 0.3 is 0 Å². The molecule has 1 aliphatic heterocycles. The topological polar surface area (TPSA) is 50.4 Å². The summed E-state index contributed by atoms with van der Waals surface area (Å²) in [6.07, 6.45) is 0. The van der Waals surface area contributed by atoms with Crippen molar-refractivity contribution >= 4 is 18.3 Å². The van der Waals surface area contributed by atoms with Crippen molar-refractivity contribution < 1.29 is 9.53 Å². The molecular formula is C20H33ClN2O2. The molecule has 1 aliphatic rings. The minimum absolute atomic E-state index is 0. The minimum atomic E-state index is -0.0540. The molecule has 4 nitrogen and oxygen atoms in total. The third-order valence-electron chi connectivity index (χ3n) is 4.47. The highest BCUT2D eigenvalue weighted by Gasteiger charge is 2.23. The fourth-order valence-electron chi connectivity index (χ4n) is 2.65. The van der Waals surface area contributed by atoms with Crippen LogP contribution in [0.5, 0.6) is 5.75 Å². The highest BCUT2D eigenvalue weighted by atomic mass is 35.5. The number of hydrogen-bond donors (Lipinski definition) is 2. The smallest absolute Gasteiger partial charge is 0.257 e. The van der Waals surface area contributed by atoms with E-state index in [4.69, 9.17) is 4.74 Å². The molecule has 0 saturated carbocycles. The first-order valence-electron chi connectivity index (χ1n) is 8.82. The summed E-state index contributed by atoms with van der Waals surface area (Å²) in [5, 5.41) is 6.15. The second-order valence-corrected chi connectivity index (χ2v) is 8.83. The number of carbonyl (C=O) groups excluding carboxylic acids is 1. The highest BCUT2D eigenvalue weighted by molar-refractivity contribution is 5.85. The zero-order chi connectivity index (χ0) is 18.0. The second-order valence-electron chi connectivity index (χ2n) is 8.83. The molecule has 0 aliphatic carbocycles. The average molecular weight is 369 g/mol. The number of rotatable bonds is 5. The number of amides is 1. The van der Waals surface area contributed by atoms with Gasteiger partial charge in [0.05, 0.1) is 0 Å². The lowest BCUT2D eigenvalue weighted by molar-refractivity contribution is -0.123. The molecule has 0 atom stereocenters. The maximum atomic E-state index is 12.0. The lowest BCUT2D eigenvalue weighted by Gasteiger charge is -2.28. The van der Waals surface area contributed by atoms with Crippen LogP contribution in [0.3, 0.4) is 0 Å². The predicted molar refractivity (Wildman–Crippen MR) is 106 cm³/mol. The third kappa shape index (κ3) is 6.19. The van der Waals surface area contributed by atoms with Gasteiger partial charge in [-0.25, -0.2) is 0 Å². The zero-order valence-electron chi connectivity index (χ0n) is 16.4. The molecule has 25 heavy (non-hydrogen) atoms. The first-order chi connectivity index (χ1) is 11.1. The van der Waals surface area contributed by atoms with Crippen molar-refractivity contribution in [2.24, 2.45) is 5.92 Å². The van der Waals surface area contributed by atoms with Gasteiger partial charge in [-0.15, -0.1) is 12.4 Å². The molecule has 1 saturated heterocycles. The van der Waals surface area contributed by atoms with Crippen LogP contribution in [0.1, 0.15) is 52.7 Å². The highest BCUT2D eigenvalue weighted by Crippen LogP contribution is 2.35. The molecule has 0 unspecified atom stereocenters. The SMILES string of the molecule is CC(C)(C)c1ccc(OCC(=O)NCC2CNC2)c(C(C)(C)C)c1.Cl. The van der Waals surface area contributed by atoms with E-state index < -0.39 is 0 Å². The Hall–Kier alpha value is -1.26. The van der Waals surface area contributed by atoms with Crippen LogP contribution in [0.2, 0.25) is 0 Å². The van der Waals surface area contributed by atoms with Gasteiger partial charge in [0.2, 0.25) is 0 Å². The Morgan fingerprint density at radius 3 is 2.28 bits per heavy atom. The van der Waals surface area contributed by atoms with Crippen molar-refractivity contribution in [3.63, 3.8) is 0 Å². The van der Waals surface area contributed by atoms with E-state index in [0.29, 0.717) is 5.92 Å². The molecule has 1 fully saturated rings. The molecule has 1 aromatic rings. The fraction of sp³-hybridized carbons (Fsp3) is 0.650. The summed E-state index contributed by atoms with van der Waals surface area (Å²) in [4.78, 5) is 12.0. The van der Waals surface area contributed by atoms with Crippen LogP contribution in [0, 0.1) is 5.92 Å². The Bertz CT molecular complexity index is 584. The molecule has 0 aromatic heterocycles. The lowest BCUT2D eigenvalue weighted by atomic mass is 9.80. The number of nitrogens with one attached hydrogen (secondary N) is 2. The van der Waals surface area contributed by atoms with Crippen molar-refractivity contribution in [3.8, 4) is 5.75 Å². The third-order valence-corrected chi connectivity index (χ3v) is 4.47. The van der Waals surface area contributed by atoms with Crippen molar-refractivity contribution in [2.45, 2.75) is 52.4 Å². The normalized spacial score (nSPS) is 15.1. The van der Waals surface area contributed by atoms with Crippen LogP contribution in [0.4, 0.5) is 0 Å². The van der Waals surface area contributed by atoms with Gasteiger partial charge in [0, 0.05) is 25.6 Å². The van der Waals surface area contributed by atoms with Crippen molar-refractivity contribution in [1.29, 1.82) is 0 Å². The Morgan fingerprint density at radius 2 is 1.80 bits per heavy atom. The van der Waals surface area contributed by atoms with Crippen molar-refractivity contribution in [3.05, 3.63) is 29.3 Å². The molecule has 1 aromatic carbocycles. The number of halogens is 1. The summed E-state index contributed by atoms with van der Waals surface area (Å²) in [6.45, 7) is 15.9. The summed E-state index contributed by atoms with van der Waals surface area (Å²) in [5.74, 6) is 1.31. The maximum absolute atomic E-state index is 12.0. The molecule has 1 amide bonds. The zero-order valence-corrected chi connectivity index (χ0v) is 17.2. The van der Waals surface area contributed by atoms with Gasteiger partial charge in [0.25, 0.3) is 5.91 Å². The number of carbonyl (C=O) groups is 1. The van der Waals surface area contributed by atoms with E-state index in [9.17, 15) is 4.79 Å². The lowest BCUT2D eigenvalue weighted by Crippen LogP contribution is -2.48. The summed E-state index contributed by atoms with van der Waals surface area (Å²) < 4.78 is 5.85. The van der Waals surface area contributed by atoms with Gasteiger partial charge < -0.3 is 15.4 Å². The largest absolute Gasteiger partial charge is 0.483 e. The van der Waals surface area contributed by atoms with Gasteiger partial charge in [0.15, 0.2) is 6.61 Å². The maximum Gasteiger partial charge on any atom is 0.257 e. The first-order valence-corrected chi connectivity index (χ1v) is 8.82. The van der Waals surface area contributed by atoms with Crippen LogP contribution in [-0.2, 0) is 15.6 Å². The molecule has 2 rings (SSSR count). The van der Waals surface area contributed by atoms with Crippen LogP contribution >= 0.6 is 12.4 Å². The molecule has 142 valence electrons. The fourth-order valence-corrected chi connectivity index (χ4v) is 2.65. The Morgan fingerprint density at radius 1 is 1.16 bits per heavy atom. The van der Waals surface area contributed by atoms with Gasteiger partial charge in [-0.1, -0.05) is 53.7 Å². The summed E-state index contributed by atoms with van der Waals surface area (Å²) in [6, 6.07) is 6.32. The van der Waals surface area contributed by atoms with E-state index in [2.05, 4.69) is 64.3 Å². The van der Waals surface area contributed by atoms with E-state index in [1.165, 1.54) is 5.56 Å². The summed E-state index contributed by atoms with van der Waals surface area (Å²) >= 11 is 0.